The predicted molar refractivity (Wildman–Crippen MR) is 139 cm³/mol. The zero-order valence-electron chi connectivity index (χ0n) is 20.6. The Labute approximate surface area is 202 Å². The SMILES string of the molecule is CCCCC/C=C\C/C=C\C/C=C\C/C=C\CCCCOC1COC(c2ccccc2)OC1. The first kappa shape index (κ1) is 27.3. The van der Waals surface area contributed by atoms with E-state index in [4.69, 9.17) is 14.2 Å². The molecule has 0 aliphatic carbocycles. The van der Waals surface area contributed by atoms with E-state index in [-0.39, 0.29) is 12.4 Å². The van der Waals surface area contributed by atoms with Gasteiger partial charge in [0.25, 0.3) is 0 Å². The summed E-state index contributed by atoms with van der Waals surface area (Å²) in [4.78, 5) is 0. The van der Waals surface area contributed by atoms with Gasteiger partial charge in [0.2, 0.25) is 0 Å². The van der Waals surface area contributed by atoms with Crippen LogP contribution in [0.4, 0.5) is 0 Å². The zero-order valence-corrected chi connectivity index (χ0v) is 20.6. The van der Waals surface area contributed by atoms with Gasteiger partial charge in [-0.1, -0.05) is 98.7 Å². The molecule has 0 spiro atoms. The number of rotatable bonds is 17. The minimum absolute atomic E-state index is 0.0431. The van der Waals surface area contributed by atoms with Gasteiger partial charge in [0.05, 0.1) is 13.2 Å². The Balaban J connectivity index is 1.37. The lowest BCUT2D eigenvalue weighted by atomic mass is 10.2. The van der Waals surface area contributed by atoms with E-state index >= 15 is 0 Å². The molecule has 182 valence electrons. The molecule has 3 heteroatoms. The maximum atomic E-state index is 5.90. The number of allylic oxidation sites excluding steroid dienone is 8. The molecule has 33 heavy (non-hydrogen) atoms. The topological polar surface area (TPSA) is 27.7 Å². The number of hydrogen-bond donors (Lipinski definition) is 0. The van der Waals surface area contributed by atoms with Crippen LogP contribution in [0, 0.1) is 0 Å². The Morgan fingerprint density at radius 3 is 1.85 bits per heavy atom. The lowest BCUT2D eigenvalue weighted by Crippen LogP contribution is -2.33. The fraction of sp³-hybridized carbons (Fsp3) is 0.533. The van der Waals surface area contributed by atoms with E-state index in [1.165, 1.54) is 25.7 Å². The molecule has 1 aliphatic rings. The van der Waals surface area contributed by atoms with Gasteiger partial charge in [0, 0.05) is 12.2 Å². The van der Waals surface area contributed by atoms with Crippen LogP contribution in [0.1, 0.15) is 83.0 Å². The van der Waals surface area contributed by atoms with Gasteiger partial charge < -0.3 is 14.2 Å². The van der Waals surface area contributed by atoms with Crippen molar-refractivity contribution in [2.75, 3.05) is 19.8 Å². The van der Waals surface area contributed by atoms with E-state index in [9.17, 15) is 0 Å². The zero-order chi connectivity index (χ0) is 23.2. The van der Waals surface area contributed by atoms with Crippen molar-refractivity contribution in [3.8, 4) is 0 Å². The van der Waals surface area contributed by atoms with Gasteiger partial charge in [-0.15, -0.1) is 0 Å². The molecule has 0 unspecified atom stereocenters. The minimum atomic E-state index is -0.261. The van der Waals surface area contributed by atoms with Crippen LogP contribution >= 0.6 is 0 Å². The van der Waals surface area contributed by atoms with Crippen LogP contribution in [0.5, 0.6) is 0 Å². The molecular formula is C30H44O3. The number of hydrogen-bond acceptors (Lipinski definition) is 3. The van der Waals surface area contributed by atoms with Crippen molar-refractivity contribution in [3.63, 3.8) is 0 Å². The van der Waals surface area contributed by atoms with Crippen LogP contribution in [0.15, 0.2) is 78.9 Å². The average molecular weight is 453 g/mol. The molecule has 3 nitrogen and oxygen atoms in total. The predicted octanol–water partition coefficient (Wildman–Crippen LogP) is 8.26. The number of unbranched alkanes of at least 4 members (excludes halogenated alkanes) is 5. The summed E-state index contributed by atoms with van der Waals surface area (Å²) in [6, 6.07) is 10.1. The van der Waals surface area contributed by atoms with Crippen molar-refractivity contribution in [1.82, 2.24) is 0 Å². The lowest BCUT2D eigenvalue weighted by Gasteiger charge is -2.29. The molecule has 1 aliphatic heterocycles. The molecule has 1 aromatic rings. The van der Waals surface area contributed by atoms with E-state index in [0.717, 1.165) is 50.7 Å². The standard InChI is InChI=1S/C30H44O3/c1-2-3-4-5-6-7-8-9-10-11-12-13-14-15-16-17-18-22-25-31-29-26-32-30(33-27-29)28-23-20-19-21-24-28/h6-7,9-10,12-13,15-16,19-21,23-24,29-30H,2-5,8,11,14,17-18,22,25-27H2,1H3/b7-6-,10-9-,13-12-,16-15-. The van der Waals surface area contributed by atoms with Gasteiger partial charge in [-0.2, -0.15) is 0 Å². The summed E-state index contributed by atoms with van der Waals surface area (Å²) in [5.74, 6) is 0. The van der Waals surface area contributed by atoms with Gasteiger partial charge in [-0.3, -0.25) is 0 Å². The van der Waals surface area contributed by atoms with Crippen LogP contribution < -0.4 is 0 Å². The molecule has 0 radical (unpaired) electrons. The molecule has 1 aromatic carbocycles. The van der Waals surface area contributed by atoms with Gasteiger partial charge in [0.15, 0.2) is 6.29 Å². The highest BCUT2D eigenvalue weighted by Gasteiger charge is 2.23. The van der Waals surface area contributed by atoms with Crippen molar-refractivity contribution >= 4 is 0 Å². The fourth-order valence-corrected chi connectivity index (χ4v) is 3.56. The smallest absolute Gasteiger partial charge is 0.184 e. The van der Waals surface area contributed by atoms with Crippen LogP contribution in [-0.4, -0.2) is 25.9 Å². The molecule has 1 saturated heterocycles. The molecule has 0 N–H and O–H groups in total. The minimum Gasteiger partial charge on any atom is -0.373 e. The molecule has 0 amide bonds. The van der Waals surface area contributed by atoms with Crippen LogP contribution in [-0.2, 0) is 14.2 Å². The third-order valence-electron chi connectivity index (χ3n) is 5.51. The van der Waals surface area contributed by atoms with Gasteiger partial charge in [-0.05, 0) is 51.4 Å². The highest BCUT2D eigenvalue weighted by Crippen LogP contribution is 2.23. The Morgan fingerprint density at radius 2 is 1.27 bits per heavy atom. The highest BCUT2D eigenvalue weighted by molar-refractivity contribution is 5.16. The van der Waals surface area contributed by atoms with E-state index < -0.39 is 0 Å². The molecule has 0 saturated carbocycles. The first-order valence-corrected chi connectivity index (χ1v) is 12.9. The Morgan fingerprint density at radius 1 is 0.727 bits per heavy atom. The van der Waals surface area contributed by atoms with E-state index in [0.29, 0.717) is 13.2 Å². The Hall–Kier alpha value is -1.94. The van der Waals surface area contributed by atoms with Crippen LogP contribution in [0.3, 0.4) is 0 Å². The molecule has 0 aromatic heterocycles. The van der Waals surface area contributed by atoms with Gasteiger partial charge in [0.1, 0.15) is 6.10 Å². The molecule has 0 bridgehead atoms. The molecule has 1 fully saturated rings. The maximum absolute atomic E-state index is 5.90. The van der Waals surface area contributed by atoms with Crippen molar-refractivity contribution in [2.45, 2.75) is 83.5 Å². The van der Waals surface area contributed by atoms with Crippen molar-refractivity contribution in [3.05, 3.63) is 84.5 Å². The quantitative estimate of drug-likeness (QED) is 0.176. The van der Waals surface area contributed by atoms with Crippen LogP contribution in [0.2, 0.25) is 0 Å². The van der Waals surface area contributed by atoms with Gasteiger partial charge in [-0.25, -0.2) is 0 Å². The van der Waals surface area contributed by atoms with E-state index in [2.05, 4.69) is 55.5 Å². The summed E-state index contributed by atoms with van der Waals surface area (Å²) in [5.41, 5.74) is 1.06. The summed E-state index contributed by atoms with van der Waals surface area (Å²) >= 11 is 0. The van der Waals surface area contributed by atoms with Gasteiger partial charge >= 0.3 is 0 Å². The first-order chi connectivity index (χ1) is 16.4. The van der Waals surface area contributed by atoms with Crippen molar-refractivity contribution in [1.29, 1.82) is 0 Å². The first-order valence-electron chi connectivity index (χ1n) is 12.9. The summed E-state index contributed by atoms with van der Waals surface area (Å²) in [6.07, 6.45) is 29.5. The molecular weight excluding hydrogens is 408 g/mol. The van der Waals surface area contributed by atoms with Crippen molar-refractivity contribution < 1.29 is 14.2 Å². The van der Waals surface area contributed by atoms with E-state index in [1.807, 2.05) is 30.3 Å². The average Bonchev–Trinajstić information content (AvgIpc) is 2.86. The summed E-state index contributed by atoms with van der Waals surface area (Å²) in [6.45, 7) is 4.20. The largest absolute Gasteiger partial charge is 0.373 e. The maximum Gasteiger partial charge on any atom is 0.184 e. The fourth-order valence-electron chi connectivity index (χ4n) is 3.56. The second kappa shape index (κ2) is 19.5. The monoisotopic (exact) mass is 452 g/mol. The second-order valence-electron chi connectivity index (χ2n) is 8.49. The number of benzene rings is 1. The summed E-state index contributed by atoms with van der Waals surface area (Å²) in [5, 5.41) is 0. The summed E-state index contributed by atoms with van der Waals surface area (Å²) in [7, 11) is 0. The molecule has 2 rings (SSSR count). The number of ether oxygens (including phenoxy) is 3. The Bertz CT molecular complexity index is 682. The normalized spacial score (nSPS) is 19.5. The van der Waals surface area contributed by atoms with Crippen molar-refractivity contribution in [2.24, 2.45) is 0 Å². The van der Waals surface area contributed by atoms with Crippen LogP contribution in [0.25, 0.3) is 0 Å². The Kier molecular flexibility index (Phi) is 16.2. The third-order valence-corrected chi connectivity index (χ3v) is 5.51. The third kappa shape index (κ3) is 14.0. The summed E-state index contributed by atoms with van der Waals surface area (Å²) < 4.78 is 17.5. The molecule has 1 heterocycles. The van der Waals surface area contributed by atoms with E-state index in [1.54, 1.807) is 0 Å². The lowest BCUT2D eigenvalue weighted by molar-refractivity contribution is -0.230. The second-order valence-corrected chi connectivity index (χ2v) is 8.49. The highest BCUT2D eigenvalue weighted by atomic mass is 16.7. The molecule has 0 atom stereocenters.